The third-order valence-corrected chi connectivity index (χ3v) is 4.27. The van der Waals surface area contributed by atoms with Gasteiger partial charge in [-0.3, -0.25) is 4.79 Å². The van der Waals surface area contributed by atoms with Crippen molar-refractivity contribution < 1.29 is 4.79 Å². The summed E-state index contributed by atoms with van der Waals surface area (Å²) < 4.78 is 0. The molecule has 0 radical (unpaired) electrons. The number of rotatable bonds is 2. The van der Waals surface area contributed by atoms with Gasteiger partial charge in [0.15, 0.2) is 5.13 Å². The van der Waals surface area contributed by atoms with E-state index in [2.05, 4.69) is 4.98 Å². The highest BCUT2D eigenvalue weighted by Gasteiger charge is 2.25. The van der Waals surface area contributed by atoms with Gasteiger partial charge in [0.2, 0.25) is 0 Å². The molecule has 1 fully saturated rings. The van der Waals surface area contributed by atoms with Crippen molar-refractivity contribution in [1.29, 1.82) is 0 Å². The minimum atomic E-state index is -0.0231. The van der Waals surface area contributed by atoms with E-state index in [-0.39, 0.29) is 11.9 Å². The summed E-state index contributed by atoms with van der Waals surface area (Å²) in [5, 5.41) is 0.754. The van der Waals surface area contributed by atoms with Crippen LogP contribution in [0, 0.1) is 0 Å². The number of aromatic nitrogens is 1. The van der Waals surface area contributed by atoms with E-state index >= 15 is 0 Å². The summed E-state index contributed by atoms with van der Waals surface area (Å²) in [6, 6.07) is 0.213. The number of thiazole rings is 1. The average Bonchev–Trinajstić information content (AvgIpc) is 2.71. The molecule has 0 bridgehead atoms. The summed E-state index contributed by atoms with van der Waals surface area (Å²) in [7, 11) is 3.76. The van der Waals surface area contributed by atoms with Crippen molar-refractivity contribution in [2.75, 3.05) is 37.8 Å². The molecule has 1 amide bonds. The molecule has 1 aromatic heterocycles. The van der Waals surface area contributed by atoms with Crippen LogP contribution in [0.3, 0.4) is 0 Å². The van der Waals surface area contributed by atoms with Gasteiger partial charge in [-0.15, -0.1) is 0 Å². The second-order valence-corrected chi connectivity index (χ2v) is 5.71. The maximum absolute atomic E-state index is 12.3. The van der Waals surface area contributed by atoms with Gasteiger partial charge in [-0.05, 0) is 12.8 Å². The molecule has 2 heterocycles. The van der Waals surface area contributed by atoms with Gasteiger partial charge in [0.25, 0.3) is 5.91 Å². The van der Waals surface area contributed by atoms with Crippen LogP contribution in [-0.4, -0.2) is 49.0 Å². The second-order valence-electron chi connectivity index (χ2n) is 4.73. The summed E-state index contributed by atoms with van der Waals surface area (Å²) in [5.74, 6) is 0.300. The van der Waals surface area contributed by atoms with Crippen molar-refractivity contribution in [3.8, 4) is 0 Å². The van der Waals surface area contributed by atoms with Crippen LogP contribution in [0.2, 0.25) is 0 Å². The topological polar surface area (TPSA) is 88.5 Å². The molecule has 1 saturated heterocycles. The number of amides is 1. The van der Waals surface area contributed by atoms with E-state index in [1.165, 1.54) is 11.3 Å². The molecule has 18 heavy (non-hydrogen) atoms. The predicted molar refractivity (Wildman–Crippen MR) is 74.0 cm³/mol. The molecule has 6 nitrogen and oxygen atoms in total. The van der Waals surface area contributed by atoms with Crippen LogP contribution < -0.4 is 16.4 Å². The lowest BCUT2D eigenvalue weighted by Gasteiger charge is -2.29. The first kappa shape index (κ1) is 13.1. The van der Waals surface area contributed by atoms with Gasteiger partial charge >= 0.3 is 0 Å². The first-order valence-corrected chi connectivity index (χ1v) is 6.79. The molecule has 1 aliphatic heterocycles. The highest BCUT2D eigenvalue weighted by atomic mass is 32.1. The normalized spacial score (nSPS) is 16.9. The van der Waals surface area contributed by atoms with Crippen molar-refractivity contribution in [3.63, 3.8) is 0 Å². The number of likely N-dealkylation sites (tertiary alicyclic amines) is 1. The van der Waals surface area contributed by atoms with Crippen molar-refractivity contribution in [3.05, 3.63) is 4.88 Å². The van der Waals surface area contributed by atoms with Gasteiger partial charge < -0.3 is 21.3 Å². The molecule has 0 spiro atoms. The smallest absolute Gasteiger partial charge is 0.267 e. The van der Waals surface area contributed by atoms with E-state index in [1.807, 2.05) is 23.9 Å². The maximum atomic E-state index is 12.3. The van der Waals surface area contributed by atoms with Gasteiger partial charge in [0.1, 0.15) is 10.7 Å². The Hall–Kier alpha value is -1.34. The Balaban J connectivity index is 2.13. The van der Waals surface area contributed by atoms with Crippen molar-refractivity contribution in [1.82, 2.24) is 9.88 Å². The number of hydrogen-bond acceptors (Lipinski definition) is 6. The highest BCUT2D eigenvalue weighted by Crippen LogP contribution is 2.28. The lowest BCUT2D eigenvalue weighted by molar-refractivity contribution is 0.0720. The Morgan fingerprint density at radius 3 is 2.56 bits per heavy atom. The van der Waals surface area contributed by atoms with E-state index in [9.17, 15) is 4.79 Å². The lowest BCUT2D eigenvalue weighted by atomic mass is 10.1. The minimum absolute atomic E-state index is 0.0231. The number of hydrogen-bond donors (Lipinski definition) is 2. The first-order valence-electron chi connectivity index (χ1n) is 5.97. The summed E-state index contributed by atoms with van der Waals surface area (Å²) >= 11 is 1.34. The van der Waals surface area contributed by atoms with E-state index in [4.69, 9.17) is 11.5 Å². The zero-order valence-corrected chi connectivity index (χ0v) is 11.5. The predicted octanol–water partition coefficient (Wildman–Crippen LogP) is 0.355. The fourth-order valence-electron chi connectivity index (χ4n) is 1.91. The molecule has 0 atom stereocenters. The SMILES string of the molecule is CN(C)c1nc(N)c(C(=O)N2CCC(N)CC2)s1. The van der Waals surface area contributed by atoms with E-state index < -0.39 is 0 Å². The molecule has 0 aromatic carbocycles. The van der Waals surface area contributed by atoms with E-state index in [0.29, 0.717) is 23.8 Å². The highest BCUT2D eigenvalue weighted by molar-refractivity contribution is 7.18. The van der Waals surface area contributed by atoms with Gasteiger partial charge in [0.05, 0.1) is 0 Å². The minimum Gasteiger partial charge on any atom is -0.382 e. The van der Waals surface area contributed by atoms with Crippen LogP contribution in [0.4, 0.5) is 10.9 Å². The largest absolute Gasteiger partial charge is 0.382 e. The number of carbonyl (C=O) groups is 1. The first-order chi connectivity index (χ1) is 8.49. The molecular weight excluding hydrogens is 250 g/mol. The molecule has 1 aliphatic rings. The Kier molecular flexibility index (Phi) is 3.72. The van der Waals surface area contributed by atoms with Crippen LogP contribution in [0.5, 0.6) is 0 Å². The molecule has 1 aromatic rings. The molecular formula is C11H19N5OS. The monoisotopic (exact) mass is 269 g/mol. The zero-order valence-electron chi connectivity index (χ0n) is 10.7. The van der Waals surface area contributed by atoms with Gasteiger partial charge in [0, 0.05) is 33.2 Å². The number of nitrogens with zero attached hydrogens (tertiary/aromatic N) is 3. The quantitative estimate of drug-likeness (QED) is 0.809. The van der Waals surface area contributed by atoms with Crippen molar-refractivity contribution in [2.45, 2.75) is 18.9 Å². The molecule has 7 heteroatoms. The van der Waals surface area contributed by atoms with Crippen LogP contribution in [0.15, 0.2) is 0 Å². The number of nitrogens with two attached hydrogens (primary N) is 2. The Morgan fingerprint density at radius 1 is 1.44 bits per heavy atom. The van der Waals surface area contributed by atoms with Gasteiger partial charge in [-0.25, -0.2) is 4.98 Å². The Morgan fingerprint density at radius 2 is 2.06 bits per heavy atom. The molecule has 0 aliphatic carbocycles. The van der Waals surface area contributed by atoms with E-state index in [0.717, 1.165) is 18.0 Å². The fourth-order valence-corrected chi connectivity index (χ4v) is 2.79. The van der Waals surface area contributed by atoms with Crippen LogP contribution in [0.1, 0.15) is 22.5 Å². The Bertz CT molecular complexity index is 437. The third-order valence-electron chi connectivity index (χ3n) is 3.05. The number of carbonyl (C=O) groups excluding carboxylic acids is 1. The Labute approximate surface area is 111 Å². The van der Waals surface area contributed by atoms with Gasteiger partial charge in [-0.2, -0.15) is 0 Å². The summed E-state index contributed by atoms with van der Waals surface area (Å²) in [6.07, 6.45) is 1.70. The molecule has 100 valence electrons. The molecule has 0 saturated carbocycles. The summed E-state index contributed by atoms with van der Waals surface area (Å²) in [4.78, 5) is 20.7. The maximum Gasteiger partial charge on any atom is 0.267 e. The van der Waals surface area contributed by atoms with Crippen molar-refractivity contribution >= 4 is 28.2 Å². The molecule has 2 rings (SSSR count). The zero-order chi connectivity index (χ0) is 13.3. The number of nitrogen functional groups attached to an aromatic ring is 1. The summed E-state index contributed by atoms with van der Waals surface area (Å²) in [6.45, 7) is 1.41. The molecule has 0 unspecified atom stereocenters. The molecule has 4 N–H and O–H groups in total. The lowest BCUT2D eigenvalue weighted by Crippen LogP contribution is -2.42. The van der Waals surface area contributed by atoms with Crippen LogP contribution in [-0.2, 0) is 0 Å². The second kappa shape index (κ2) is 5.11. The third kappa shape index (κ3) is 2.56. The summed E-state index contributed by atoms with van der Waals surface area (Å²) in [5.41, 5.74) is 11.6. The van der Waals surface area contributed by atoms with Crippen LogP contribution in [0.25, 0.3) is 0 Å². The standard InChI is InChI=1S/C11H19N5OS/c1-15(2)11-14-9(13)8(18-11)10(17)16-5-3-7(12)4-6-16/h7H,3-6,12-13H2,1-2H3. The van der Waals surface area contributed by atoms with Gasteiger partial charge in [-0.1, -0.05) is 11.3 Å². The van der Waals surface area contributed by atoms with E-state index in [1.54, 1.807) is 0 Å². The van der Waals surface area contributed by atoms with Crippen molar-refractivity contribution in [2.24, 2.45) is 5.73 Å². The number of piperidine rings is 1. The van der Waals surface area contributed by atoms with Crippen LogP contribution >= 0.6 is 11.3 Å². The fraction of sp³-hybridized carbons (Fsp3) is 0.636. The average molecular weight is 269 g/mol. The number of anilines is 2.